The summed E-state index contributed by atoms with van der Waals surface area (Å²) in [4.78, 5) is 0. The molecule has 1 unspecified atom stereocenters. The van der Waals surface area contributed by atoms with Crippen molar-refractivity contribution in [1.29, 1.82) is 0 Å². The van der Waals surface area contributed by atoms with E-state index in [-0.39, 0.29) is 0 Å². The number of hydrogen-bond donors (Lipinski definition) is 1. The number of rotatable bonds is 6. The molecule has 0 amide bonds. The lowest BCUT2D eigenvalue weighted by molar-refractivity contribution is 0.548. The van der Waals surface area contributed by atoms with E-state index < -0.39 is 0 Å². The Balaban J connectivity index is 2.21. The van der Waals surface area contributed by atoms with Gasteiger partial charge in [-0.25, -0.2) is 4.68 Å². The smallest absolute Gasteiger partial charge is 0.0645 e. The molecular formula is C16H21N3. The second kappa shape index (κ2) is 6.34. The van der Waals surface area contributed by atoms with E-state index >= 15 is 0 Å². The number of aromatic nitrogens is 2. The molecule has 3 nitrogen and oxygen atoms in total. The quantitative estimate of drug-likeness (QED) is 0.801. The number of nitrogens with zero attached hydrogens (tertiary/aromatic N) is 2. The van der Waals surface area contributed by atoms with Crippen molar-refractivity contribution >= 4 is 0 Å². The summed E-state index contributed by atoms with van der Waals surface area (Å²) in [5.41, 5.74) is 3.46. The fraction of sp³-hybridized carbons (Fsp3) is 0.312. The molecule has 3 heteroatoms. The van der Waals surface area contributed by atoms with Crippen LogP contribution in [0.25, 0.3) is 5.69 Å². The van der Waals surface area contributed by atoms with Crippen LogP contribution in [0.3, 0.4) is 0 Å². The van der Waals surface area contributed by atoms with Gasteiger partial charge in [-0.2, -0.15) is 5.10 Å². The molecule has 1 N–H and O–H groups in total. The predicted molar refractivity (Wildman–Crippen MR) is 79.4 cm³/mol. The van der Waals surface area contributed by atoms with Crippen LogP contribution in [-0.4, -0.2) is 16.3 Å². The molecule has 0 saturated carbocycles. The molecule has 1 heterocycles. The Morgan fingerprint density at radius 1 is 1.37 bits per heavy atom. The fourth-order valence-corrected chi connectivity index (χ4v) is 2.14. The zero-order valence-electron chi connectivity index (χ0n) is 11.6. The Hall–Kier alpha value is -1.87. The summed E-state index contributed by atoms with van der Waals surface area (Å²) in [5, 5.41) is 7.92. The van der Waals surface area contributed by atoms with Gasteiger partial charge in [-0.3, -0.25) is 0 Å². The van der Waals surface area contributed by atoms with Crippen molar-refractivity contribution in [2.75, 3.05) is 6.54 Å². The van der Waals surface area contributed by atoms with Crippen molar-refractivity contribution in [3.05, 3.63) is 60.4 Å². The SMILES string of the molecule is C=C(C)CC(NCC)c1cnn(-c2ccccc2)c1. The normalized spacial score (nSPS) is 12.3. The molecule has 19 heavy (non-hydrogen) atoms. The monoisotopic (exact) mass is 255 g/mol. The molecule has 100 valence electrons. The average Bonchev–Trinajstić information content (AvgIpc) is 2.88. The van der Waals surface area contributed by atoms with E-state index in [0.29, 0.717) is 6.04 Å². The van der Waals surface area contributed by atoms with Gasteiger partial charge in [-0.05, 0) is 32.0 Å². The summed E-state index contributed by atoms with van der Waals surface area (Å²) in [6, 6.07) is 10.4. The maximum atomic E-state index is 4.44. The summed E-state index contributed by atoms with van der Waals surface area (Å²) >= 11 is 0. The lowest BCUT2D eigenvalue weighted by Crippen LogP contribution is -2.20. The standard InChI is InChI=1S/C16H21N3/c1-4-17-16(10-13(2)3)14-11-18-19(12-14)15-8-6-5-7-9-15/h5-9,11-12,16-17H,2,4,10H2,1,3H3. The Kier molecular flexibility index (Phi) is 4.53. The largest absolute Gasteiger partial charge is 0.310 e. The summed E-state index contributed by atoms with van der Waals surface area (Å²) in [7, 11) is 0. The van der Waals surface area contributed by atoms with E-state index in [1.165, 1.54) is 11.1 Å². The number of hydrogen-bond acceptors (Lipinski definition) is 2. The van der Waals surface area contributed by atoms with Crippen LogP contribution in [0.1, 0.15) is 31.9 Å². The van der Waals surface area contributed by atoms with Gasteiger partial charge in [0.05, 0.1) is 11.9 Å². The van der Waals surface area contributed by atoms with Crippen LogP contribution in [0.2, 0.25) is 0 Å². The van der Waals surface area contributed by atoms with Crippen molar-refractivity contribution < 1.29 is 0 Å². The second-order valence-corrected chi connectivity index (χ2v) is 4.83. The summed E-state index contributed by atoms with van der Waals surface area (Å²) in [6.07, 6.45) is 4.96. The molecule has 1 aromatic carbocycles. The van der Waals surface area contributed by atoms with Gasteiger partial charge in [0.2, 0.25) is 0 Å². The predicted octanol–water partition coefficient (Wildman–Crippen LogP) is 3.49. The first-order chi connectivity index (χ1) is 9.20. The highest BCUT2D eigenvalue weighted by Crippen LogP contribution is 2.20. The average molecular weight is 255 g/mol. The van der Waals surface area contributed by atoms with E-state index in [1.54, 1.807) is 0 Å². The van der Waals surface area contributed by atoms with Crippen molar-refractivity contribution in [2.24, 2.45) is 0 Å². The van der Waals surface area contributed by atoms with E-state index in [1.807, 2.05) is 29.1 Å². The van der Waals surface area contributed by atoms with Gasteiger partial charge in [-0.15, -0.1) is 6.58 Å². The Labute approximate surface area is 115 Å². The van der Waals surface area contributed by atoms with Gasteiger partial charge in [0.1, 0.15) is 0 Å². The van der Waals surface area contributed by atoms with Crippen LogP contribution >= 0.6 is 0 Å². The molecule has 1 atom stereocenters. The van der Waals surface area contributed by atoms with Crippen LogP contribution in [0.15, 0.2) is 54.9 Å². The Morgan fingerprint density at radius 3 is 2.74 bits per heavy atom. The first kappa shape index (κ1) is 13.6. The molecule has 0 radical (unpaired) electrons. The summed E-state index contributed by atoms with van der Waals surface area (Å²) in [5.74, 6) is 0. The third kappa shape index (κ3) is 3.55. The van der Waals surface area contributed by atoms with Gasteiger partial charge < -0.3 is 5.32 Å². The summed E-state index contributed by atoms with van der Waals surface area (Å²) in [6.45, 7) is 9.12. The first-order valence-electron chi connectivity index (χ1n) is 6.68. The van der Waals surface area contributed by atoms with Gasteiger partial charge in [0.25, 0.3) is 0 Å². The van der Waals surface area contributed by atoms with Crippen LogP contribution in [0, 0.1) is 0 Å². The van der Waals surface area contributed by atoms with E-state index in [0.717, 1.165) is 18.7 Å². The highest BCUT2D eigenvalue weighted by molar-refractivity contribution is 5.31. The Morgan fingerprint density at radius 2 is 2.11 bits per heavy atom. The third-order valence-electron chi connectivity index (χ3n) is 3.03. The van der Waals surface area contributed by atoms with Crippen molar-refractivity contribution in [1.82, 2.24) is 15.1 Å². The van der Waals surface area contributed by atoms with Crippen LogP contribution < -0.4 is 5.32 Å². The number of benzene rings is 1. The molecule has 0 bridgehead atoms. The zero-order chi connectivity index (χ0) is 13.7. The zero-order valence-corrected chi connectivity index (χ0v) is 11.6. The highest BCUT2D eigenvalue weighted by atomic mass is 15.3. The molecule has 1 aromatic heterocycles. The molecule has 2 rings (SSSR count). The molecular weight excluding hydrogens is 234 g/mol. The van der Waals surface area contributed by atoms with E-state index in [4.69, 9.17) is 0 Å². The maximum absolute atomic E-state index is 4.44. The number of para-hydroxylation sites is 1. The van der Waals surface area contributed by atoms with Crippen molar-refractivity contribution in [3.63, 3.8) is 0 Å². The molecule has 0 aliphatic rings. The lowest BCUT2D eigenvalue weighted by atomic mass is 10.0. The van der Waals surface area contributed by atoms with Crippen LogP contribution in [-0.2, 0) is 0 Å². The summed E-state index contributed by atoms with van der Waals surface area (Å²) < 4.78 is 1.91. The van der Waals surface area contributed by atoms with Crippen LogP contribution in [0.4, 0.5) is 0 Å². The van der Waals surface area contributed by atoms with Crippen LogP contribution in [0.5, 0.6) is 0 Å². The molecule has 0 aliphatic carbocycles. The minimum atomic E-state index is 0.292. The van der Waals surface area contributed by atoms with Gasteiger partial charge in [0, 0.05) is 17.8 Å². The molecule has 2 aromatic rings. The molecule has 0 spiro atoms. The third-order valence-corrected chi connectivity index (χ3v) is 3.03. The van der Waals surface area contributed by atoms with Gasteiger partial charge in [0.15, 0.2) is 0 Å². The van der Waals surface area contributed by atoms with Crippen molar-refractivity contribution in [2.45, 2.75) is 26.3 Å². The fourth-order valence-electron chi connectivity index (χ4n) is 2.14. The second-order valence-electron chi connectivity index (χ2n) is 4.83. The van der Waals surface area contributed by atoms with Gasteiger partial charge in [-0.1, -0.05) is 30.7 Å². The minimum absolute atomic E-state index is 0.292. The van der Waals surface area contributed by atoms with E-state index in [9.17, 15) is 0 Å². The Bertz CT molecular complexity index is 528. The molecule has 0 saturated heterocycles. The first-order valence-corrected chi connectivity index (χ1v) is 6.68. The highest BCUT2D eigenvalue weighted by Gasteiger charge is 2.12. The molecule has 0 fully saturated rings. The minimum Gasteiger partial charge on any atom is -0.310 e. The number of nitrogens with one attached hydrogen (secondary N) is 1. The van der Waals surface area contributed by atoms with E-state index in [2.05, 4.69) is 49.2 Å². The maximum Gasteiger partial charge on any atom is 0.0645 e. The van der Waals surface area contributed by atoms with Gasteiger partial charge >= 0.3 is 0 Å². The van der Waals surface area contributed by atoms with Crippen molar-refractivity contribution in [3.8, 4) is 5.69 Å². The lowest BCUT2D eigenvalue weighted by Gasteiger charge is -2.16. The topological polar surface area (TPSA) is 29.9 Å². The molecule has 0 aliphatic heterocycles.